The van der Waals surface area contributed by atoms with E-state index in [-0.39, 0.29) is 4.90 Å². The van der Waals surface area contributed by atoms with Gasteiger partial charge in [-0.25, -0.2) is 8.42 Å². The average Bonchev–Trinajstić information content (AvgIpc) is 2.83. The molecule has 2 rings (SSSR count). The Morgan fingerprint density at radius 1 is 1.33 bits per heavy atom. The SMILES string of the molecule is CCCn1cc(S(=O)(=O)Nc2cccc(I)c2)cc1CN. The van der Waals surface area contributed by atoms with Crippen LogP contribution in [-0.2, 0) is 23.1 Å². The Morgan fingerprint density at radius 3 is 2.71 bits per heavy atom. The maximum Gasteiger partial charge on any atom is 0.263 e. The Morgan fingerprint density at radius 2 is 2.10 bits per heavy atom. The molecule has 1 aromatic carbocycles. The van der Waals surface area contributed by atoms with Crippen molar-refractivity contribution >= 4 is 38.3 Å². The second-order valence-electron chi connectivity index (χ2n) is 4.68. The van der Waals surface area contributed by atoms with Crippen LogP contribution in [0.5, 0.6) is 0 Å². The van der Waals surface area contributed by atoms with E-state index in [1.807, 2.05) is 23.6 Å². The van der Waals surface area contributed by atoms with Gasteiger partial charge < -0.3 is 10.3 Å². The molecule has 0 bridgehead atoms. The number of nitrogens with zero attached hydrogens (tertiary/aromatic N) is 1. The number of hydrogen-bond donors (Lipinski definition) is 2. The Labute approximate surface area is 138 Å². The summed E-state index contributed by atoms with van der Waals surface area (Å²) in [5.41, 5.74) is 7.05. The summed E-state index contributed by atoms with van der Waals surface area (Å²) in [6.45, 7) is 3.11. The quantitative estimate of drug-likeness (QED) is 0.707. The summed E-state index contributed by atoms with van der Waals surface area (Å²) in [6, 6.07) is 8.86. The molecule has 21 heavy (non-hydrogen) atoms. The number of sulfonamides is 1. The number of aryl methyl sites for hydroxylation is 1. The molecule has 3 N–H and O–H groups in total. The zero-order chi connectivity index (χ0) is 15.5. The third kappa shape index (κ3) is 3.98. The normalized spacial score (nSPS) is 11.6. The molecule has 0 atom stereocenters. The predicted octanol–water partition coefficient (Wildman–Crippen LogP) is 2.76. The third-order valence-electron chi connectivity index (χ3n) is 3.02. The zero-order valence-corrected chi connectivity index (χ0v) is 14.7. The molecular formula is C14H18IN3O2S. The maximum absolute atomic E-state index is 12.4. The summed E-state index contributed by atoms with van der Waals surface area (Å²) in [5.74, 6) is 0. The minimum atomic E-state index is -3.59. The standard InChI is InChI=1S/C14H18IN3O2S/c1-2-6-18-10-14(8-13(18)9-16)21(19,20)17-12-5-3-4-11(15)7-12/h3-5,7-8,10,17H,2,6,9,16H2,1H3. The van der Waals surface area contributed by atoms with Gasteiger partial charge >= 0.3 is 0 Å². The van der Waals surface area contributed by atoms with Crippen molar-refractivity contribution < 1.29 is 8.42 Å². The predicted molar refractivity (Wildman–Crippen MR) is 92.6 cm³/mol. The minimum absolute atomic E-state index is 0.246. The van der Waals surface area contributed by atoms with E-state index in [1.54, 1.807) is 24.4 Å². The smallest absolute Gasteiger partial charge is 0.263 e. The van der Waals surface area contributed by atoms with Gasteiger partial charge in [-0.1, -0.05) is 13.0 Å². The van der Waals surface area contributed by atoms with Crippen molar-refractivity contribution in [2.24, 2.45) is 5.73 Å². The van der Waals surface area contributed by atoms with E-state index in [0.717, 1.165) is 22.2 Å². The van der Waals surface area contributed by atoms with E-state index in [0.29, 0.717) is 12.2 Å². The lowest BCUT2D eigenvalue weighted by Gasteiger charge is -2.06. The van der Waals surface area contributed by atoms with Crippen molar-refractivity contribution in [3.05, 3.63) is 45.8 Å². The van der Waals surface area contributed by atoms with Crippen LogP contribution in [-0.4, -0.2) is 13.0 Å². The fourth-order valence-electron chi connectivity index (χ4n) is 2.06. The topological polar surface area (TPSA) is 77.1 Å². The number of nitrogens with one attached hydrogen (secondary N) is 1. The van der Waals surface area contributed by atoms with Crippen molar-refractivity contribution in [2.45, 2.75) is 31.3 Å². The molecular weight excluding hydrogens is 401 g/mol. The van der Waals surface area contributed by atoms with Gasteiger partial charge in [-0.15, -0.1) is 0 Å². The van der Waals surface area contributed by atoms with Crippen molar-refractivity contribution in [3.63, 3.8) is 0 Å². The number of rotatable bonds is 6. The largest absolute Gasteiger partial charge is 0.349 e. The van der Waals surface area contributed by atoms with Crippen LogP contribution in [0.2, 0.25) is 0 Å². The minimum Gasteiger partial charge on any atom is -0.349 e. The Bertz CT molecular complexity index is 726. The molecule has 0 saturated heterocycles. The van der Waals surface area contributed by atoms with E-state index >= 15 is 0 Å². The van der Waals surface area contributed by atoms with Crippen LogP contribution in [0.4, 0.5) is 5.69 Å². The Hall–Kier alpha value is -1.06. The van der Waals surface area contributed by atoms with Crippen LogP contribution >= 0.6 is 22.6 Å². The highest BCUT2D eigenvalue weighted by molar-refractivity contribution is 14.1. The highest BCUT2D eigenvalue weighted by atomic mass is 127. The van der Waals surface area contributed by atoms with Crippen LogP contribution in [0, 0.1) is 3.57 Å². The first-order valence-corrected chi connectivity index (χ1v) is 9.20. The molecule has 2 aromatic rings. The highest BCUT2D eigenvalue weighted by Crippen LogP contribution is 2.20. The van der Waals surface area contributed by atoms with Gasteiger partial charge in [-0.05, 0) is 53.3 Å². The summed E-state index contributed by atoms with van der Waals surface area (Å²) < 4.78 is 30.3. The monoisotopic (exact) mass is 419 g/mol. The molecule has 0 aliphatic rings. The van der Waals surface area contributed by atoms with Gasteiger partial charge in [0.2, 0.25) is 0 Å². The Kier molecular flexibility index (Phi) is 5.28. The molecule has 0 amide bonds. The van der Waals surface area contributed by atoms with Gasteiger partial charge in [0.25, 0.3) is 10.0 Å². The first-order chi connectivity index (χ1) is 9.96. The van der Waals surface area contributed by atoms with Crippen molar-refractivity contribution in [1.82, 2.24) is 4.57 Å². The molecule has 0 spiro atoms. The van der Waals surface area contributed by atoms with Crippen LogP contribution in [0.1, 0.15) is 19.0 Å². The molecule has 0 saturated carbocycles. The van der Waals surface area contributed by atoms with Crippen molar-refractivity contribution in [2.75, 3.05) is 4.72 Å². The van der Waals surface area contributed by atoms with Crippen LogP contribution in [0.25, 0.3) is 0 Å². The summed E-state index contributed by atoms with van der Waals surface area (Å²) in [5, 5.41) is 0. The molecule has 7 heteroatoms. The molecule has 0 radical (unpaired) electrons. The number of anilines is 1. The van der Waals surface area contributed by atoms with Crippen molar-refractivity contribution in [3.8, 4) is 0 Å². The molecule has 0 aliphatic carbocycles. The van der Waals surface area contributed by atoms with Gasteiger partial charge in [-0.2, -0.15) is 0 Å². The van der Waals surface area contributed by atoms with E-state index in [4.69, 9.17) is 5.73 Å². The number of aromatic nitrogens is 1. The lowest BCUT2D eigenvalue weighted by atomic mass is 10.3. The summed E-state index contributed by atoms with van der Waals surface area (Å²) in [4.78, 5) is 0.246. The Balaban J connectivity index is 2.31. The van der Waals surface area contributed by atoms with Gasteiger partial charge in [0.05, 0.1) is 0 Å². The lowest BCUT2D eigenvalue weighted by Crippen LogP contribution is -2.12. The summed E-state index contributed by atoms with van der Waals surface area (Å²) >= 11 is 2.14. The molecule has 0 aliphatic heterocycles. The maximum atomic E-state index is 12.4. The van der Waals surface area contributed by atoms with E-state index in [2.05, 4.69) is 27.3 Å². The van der Waals surface area contributed by atoms with E-state index in [9.17, 15) is 8.42 Å². The highest BCUT2D eigenvalue weighted by Gasteiger charge is 2.18. The van der Waals surface area contributed by atoms with E-state index < -0.39 is 10.0 Å². The molecule has 0 fully saturated rings. The second kappa shape index (κ2) is 6.80. The van der Waals surface area contributed by atoms with Crippen LogP contribution in [0.3, 0.4) is 0 Å². The van der Waals surface area contributed by atoms with Gasteiger partial charge in [-0.3, -0.25) is 4.72 Å². The lowest BCUT2D eigenvalue weighted by molar-refractivity contribution is 0.600. The second-order valence-corrected chi connectivity index (χ2v) is 7.61. The molecule has 5 nitrogen and oxygen atoms in total. The number of hydrogen-bond acceptors (Lipinski definition) is 3. The summed E-state index contributed by atoms with van der Waals surface area (Å²) in [7, 11) is -3.59. The zero-order valence-electron chi connectivity index (χ0n) is 11.7. The van der Waals surface area contributed by atoms with E-state index in [1.165, 1.54) is 0 Å². The first kappa shape index (κ1) is 16.3. The fourth-order valence-corrected chi connectivity index (χ4v) is 3.71. The van der Waals surface area contributed by atoms with Gasteiger partial charge in [0, 0.05) is 34.2 Å². The number of benzene rings is 1. The van der Waals surface area contributed by atoms with Crippen LogP contribution in [0.15, 0.2) is 41.4 Å². The van der Waals surface area contributed by atoms with Crippen LogP contribution < -0.4 is 10.5 Å². The number of nitrogens with two attached hydrogens (primary N) is 1. The molecule has 0 unspecified atom stereocenters. The molecule has 114 valence electrons. The molecule has 1 aromatic heterocycles. The van der Waals surface area contributed by atoms with Gasteiger partial charge in [0.15, 0.2) is 0 Å². The van der Waals surface area contributed by atoms with Crippen molar-refractivity contribution in [1.29, 1.82) is 0 Å². The molecule has 1 heterocycles. The first-order valence-electron chi connectivity index (χ1n) is 6.63. The fraction of sp³-hybridized carbons (Fsp3) is 0.286. The average molecular weight is 419 g/mol. The number of halogens is 1. The summed E-state index contributed by atoms with van der Waals surface area (Å²) in [6.07, 6.45) is 2.56. The third-order valence-corrected chi connectivity index (χ3v) is 5.04. The van der Waals surface area contributed by atoms with Gasteiger partial charge in [0.1, 0.15) is 4.90 Å².